The molecule has 0 N–H and O–H groups in total. The zero-order valence-corrected chi connectivity index (χ0v) is 19.7. The second kappa shape index (κ2) is 9.60. The van der Waals surface area contributed by atoms with Gasteiger partial charge >= 0.3 is 12.1 Å². The van der Waals surface area contributed by atoms with Crippen LogP contribution in [0.15, 0.2) is 30.3 Å². The largest absolute Gasteiger partial charge is 0.469 e. The van der Waals surface area contributed by atoms with Gasteiger partial charge in [0.15, 0.2) is 0 Å². The maximum absolute atomic E-state index is 13.2. The molecule has 0 aromatic heterocycles. The molecule has 2 aliphatic carbocycles. The van der Waals surface area contributed by atoms with E-state index in [1.54, 1.807) is 0 Å². The van der Waals surface area contributed by atoms with Gasteiger partial charge in [0.2, 0.25) is 0 Å². The summed E-state index contributed by atoms with van der Waals surface area (Å²) >= 11 is 0. The van der Waals surface area contributed by atoms with E-state index < -0.39 is 5.60 Å². The summed E-state index contributed by atoms with van der Waals surface area (Å²) in [5.74, 6) is 0.191. The van der Waals surface area contributed by atoms with Crippen LogP contribution in [0.3, 0.4) is 0 Å². The molecule has 2 saturated carbocycles. The van der Waals surface area contributed by atoms with E-state index in [1.807, 2.05) is 38.8 Å². The van der Waals surface area contributed by atoms with Crippen molar-refractivity contribution >= 4 is 12.1 Å². The number of nitrogens with zero attached hydrogens (tertiary/aromatic N) is 2. The third-order valence-electron chi connectivity index (χ3n) is 6.46. The molecule has 1 aromatic rings. The Hall–Kier alpha value is -2.08. The van der Waals surface area contributed by atoms with Crippen LogP contribution in [-0.4, -0.2) is 67.3 Å². The summed E-state index contributed by atoms with van der Waals surface area (Å²) < 4.78 is 10.6. The molecule has 0 saturated heterocycles. The van der Waals surface area contributed by atoms with Crippen molar-refractivity contribution in [3.8, 4) is 0 Å². The van der Waals surface area contributed by atoms with Crippen LogP contribution < -0.4 is 0 Å². The monoisotopic (exact) mass is 430 g/mol. The number of methoxy groups -OCH3 is 1. The van der Waals surface area contributed by atoms with Crippen molar-refractivity contribution in [3.63, 3.8) is 0 Å². The molecule has 31 heavy (non-hydrogen) atoms. The highest BCUT2D eigenvalue weighted by Gasteiger charge is 2.50. The summed E-state index contributed by atoms with van der Waals surface area (Å²) in [6.45, 7) is 8.00. The quantitative estimate of drug-likeness (QED) is 0.542. The van der Waals surface area contributed by atoms with E-state index in [0.717, 1.165) is 25.8 Å². The molecule has 3 rings (SSSR count). The van der Waals surface area contributed by atoms with Crippen LogP contribution in [-0.2, 0) is 14.3 Å². The maximum Gasteiger partial charge on any atom is 0.410 e. The van der Waals surface area contributed by atoms with E-state index in [1.165, 1.54) is 19.1 Å². The summed E-state index contributed by atoms with van der Waals surface area (Å²) in [6.07, 6.45) is 4.53. The highest BCUT2D eigenvalue weighted by molar-refractivity contribution is 5.70. The van der Waals surface area contributed by atoms with Crippen molar-refractivity contribution in [1.29, 1.82) is 0 Å². The predicted octanol–water partition coefficient (Wildman–Crippen LogP) is 4.44. The molecule has 6 heteroatoms. The molecule has 2 fully saturated rings. The van der Waals surface area contributed by atoms with E-state index in [-0.39, 0.29) is 23.5 Å². The lowest BCUT2D eigenvalue weighted by atomic mass is 9.68. The molecule has 172 valence electrons. The standard InChI is InChI=1S/C25H38N2O4/c1-24(2,3)31-23(29)27(21-16-20(21)19-10-7-6-8-11-19)18-25(13-9-14-25)17-26(4)15-12-22(28)30-5/h6-8,10-11,20-21H,9,12-18H2,1-5H3/t20?,21-/m0/s1. The fourth-order valence-corrected chi connectivity index (χ4v) is 4.66. The summed E-state index contributed by atoms with van der Waals surface area (Å²) in [4.78, 5) is 28.9. The molecule has 0 radical (unpaired) electrons. The summed E-state index contributed by atoms with van der Waals surface area (Å²) in [6, 6.07) is 10.6. The Kier molecular flexibility index (Phi) is 7.30. The van der Waals surface area contributed by atoms with Crippen molar-refractivity contribution in [3.05, 3.63) is 35.9 Å². The average Bonchev–Trinajstić information content (AvgIpc) is 3.47. The van der Waals surface area contributed by atoms with E-state index in [2.05, 4.69) is 29.2 Å². The van der Waals surface area contributed by atoms with Gasteiger partial charge in [0.1, 0.15) is 5.60 Å². The fraction of sp³-hybridized carbons (Fsp3) is 0.680. The molecular weight excluding hydrogens is 392 g/mol. The number of hydrogen-bond acceptors (Lipinski definition) is 5. The normalized spacial score (nSPS) is 21.9. The molecule has 1 unspecified atom stereocenters. The zero-order chi connectivity index (χ0) is 22.6. The Morgan fingerprint density at radius 2 is 1.81 bits per heavy atom. The summed E-state index contributed by atoms with van der Waals surface area (Å²) in [5.41, 5.74) is 0.834. The van der Waals surface area contributed by atoms with E-state index in [4.69, 9.17) is 9.47 Å². The number of esters is 1. The molecule has 2 atom stereocenters. The Balaban J connectivity index is 1.69. The molecular formula is C25H38N2O4. The van der Waals surface area contributed by atoms with Crippen LogP contribution in [0.25, 0.3) is 0 Å². The first-order valence-electron chi connectivity index (χ1n) is 11.4. The van der Waals surface area contributed by atoms with Crippen molar-refractivity contribution in [2.75, 3.05) is 33.8 Å². The number of carbonyl (C=O) groups excluding carboxylic acids is 2. The molecule has 2 aliphatic rings. The van der Waals surface area contributed by atoms with Crippen molar-refractivity contribution in [1.82, 2.24) is 9.80 Å². The Bertz CT molecular complexity index is 755. The number of carbonyl (C=O) groups is 2. The predicted molar refractivity (Wildman–Crippen MR) is 121 cm³/mol. The summed E-state index contributed by atoms with van der Waals surface area (Å²) in [7, 11) is 3.47. The van der Waals surface area contributed by atoms with Gasteiger partial charge in [0, 0.05) is 37.0 Å². The molecule has 0 aliphatic heterocycles. The van der Waals surface area contributed by atoms with E-state index in [9.17, 15) is 9.59 Å². The van der Waals surface area contributed by atoms with Crippen LogP contribution in [0.4, 0.5) is 4.79 Å². The van der Waals surface area contributed by atoms with Crippen LogP contribution in [0, 0.1) is 5.41 Å². The lowest BCUT2D eigenvalue weighted by molar-refractivity contribution is -0.141. The molecule has 1 aromatic carbocycles. The Morgan fingerprint density at radius 3 is 2.35 bits per heavy atom. The first-order chi connectivity index (χ1) is 14.6. The van der Waals surface area contributed by atoms with Crippen molar-refractivity contribution in [2.45, 2.75) is 70.4 Å². The second-order valence-corrected chi connectivity index (χ2v) is 10.3. The smallest absolute Gasteiger partial charge is 0.410 e. The molecule has 0 spiro atoms. The Morgan fingerprint density at radius 1 is 1.13 bits per heavy atom. The van der Waals surface area contributed by atoms with Gasteiger partial charge in [-0.3, -0.25) is 4.79 Å². The Labute approximate surface area is 186 Å². The van der Waals surface area contributed by atoms with Gasteiger partial charge < -0.3 is 19.3 Å². The van der Waals surface area contributed by atoms with Gasteiger partial charge in [-0.1, -0.05) is 36.8 Å². The van der Waals surface area contributed by atoms with Gasteiger partial charge in [-0.2, -0.15) is 0 Å². The highest BCUT2D eigenvalue weighted by Crippen LogP contribution is 2.49. The first kappa shape index (κ1) is 23.6. The van der Waals surface area contributed by atoms with Crippen molar-refractivity contribution < 1.29 is 19.1 Å². The molecule has 0 heterocycles. The minimum absolute atomic E-state index is 0.0611. The third kappa shape index (κ3) is 6.45. The van der Waals surface area contributed by atoms with Crippen LogP contribution >= 0.6 is 0 Å². The maximum atomic E-state index is 13.2. The van der Waals surface area contributed by atoms with E-state index in [0.29, 0.717) is 25.4 Å². The summed E-state index contributed by atoms with van der Waals surface area (Å²) in [5, 5.41) is 0. The minimum Gasteiger partial charge on any atom is -0.469 e. The third-order valence-corrected chi connectivity index (χ3v) is 6.46. The zero-order valence-electron chi connectivity index (χ0n) is 19.7. The number of amides is 1. The number of hydrogen-bond donors (Lipinski definition) is 0. The highest BCUT2D eigenvalue weighted by atomic mass is 16.6. The first-order valence-corrected chi connectivity index (χ1v) is 11.4. The van der Waals surface area contributed by atoms with Crippen molar-refractivity contribution in [2.24, 2.45) is 5.41 Å². The van der Waals surface area contributed by atoms with Gasteiger partial charge in [0.05, 0.1) is 13.5 Å². The van der Waals surface area contributed by atoms with Gasteiger partial charge in [0.25, 0.3) is 0 Å². The van der Waals surface area contributed by atoms with Crippen LogP contribution in [0.1, 0.15) is 64.4 Å². The topological polar surface area (TPSA) is 59.1 Å². The van der Waals surface area contributed by atoms with Crippen LogP contribution in [0.5, 0.6) is 0 Å². The molecule has 6 nitrogen and oxygen atoms in total. The van der Waals surface area contributed by atoms with E-state index >= 15 is 0 Å². The van der Waals surface area contributed by atoms with Gasteiger partial charge in [-0.05, 0) is 52.6 Å². The minimum atomic E-state index is -0.517. The number of ether oxygens (including phenoxy) is 2. The van der Waals surface area contributed by atoms with Gasteiger partial charge in [-0.25, -0.2) is 4.79 Å². The van der Waals surface area contributed by atoms with Crippen LogP contribution in [0.2, 0.25) is 0 Å². The van der Waals surface area contributed by atoms with Gasteiger partial charge in [-0.15, -0.1) is 0 Å². The average molecular weight is 431 g/mol. The lowest BCUT2D eigenvalue weighted by Gasteiger charge is -2.47. The number of benzene rings is 1. The molecule has 1 amide bonds. The molecule has 0 bridgehead atoms. The lowest BCUT2D eigenvalue weighted by Crippen LogP contribution is -2.52. The number of rotatable bonds is 9. The fourth-order valence-electron chi connectivity index (χ4n) is 4.66. The second-order valence-electron chi connectivity index (χ2n) is 10.3. The SMILES string of the molecule is COC(=O)CCN(C)CC1(CN(C(=O)OC(C)(C)C)[C@H]2CC2c2ccccc2)CCC1.